The van der Waals surface area contributed by atoms with E-state index >= 15 is 0 Å². The smallest absolute Gasteiger partial charge is 0.251 e. The molecule has 0 saturated carbocycles. The number of amides is 1. The van der Waals surface area contributed by atoms with Crippen LogP contribution in [0.5, 0.6) is 11.5 Å². The van der Waals surface area contributed by atoms with Crippen LogP contribution in [0.2, 0.25) is 0 Å². The van der Waals surface area contributed by atoms with Crippen molar-refractivity contribution in [1.82, 2.24) is 19.8 Å². The zero-order valence-electron chi connectivity index (χ0n) is 20.7. The van der Waals surface area contributed by atoms with E-state index in [1.807, 2.05) is 47.0 Å². The number of ether oxygens (including phenoxy) is 2. The summed E-state index contributed by atoms with van der Waals surface area (Å²) in [5.74, 6) is 0.960. The Bertz CT molecular complexity index is 1320. The van der Waals surface area contributed by atoms with E-state index in [1.165, 1.54) is 31.4 Å². The van der Waals surface area contributed by atoms with E-state index in [4.69, 9.17) is 9.47 Å². The molecule has 0 radical (unpaired) electrons. The molecule has 2 heterocycles. The van der Waals surface area contributed by atoms with Gasteiger partial charge in [0.05, 0.1) is 11.0 Å². The predicted octanol–water partition coefficient (Wildman–Crippen LogP) is 4.84. The first-order chi connectivity index (χ1) is 18.2. The van der Waals surface area contributed by atoms with Crippen LogP contribution < -0.4 is 14.8 Å². The van der Waals surface area contributed by atoms with Crippen molar-refractivity contribution in [3.8, 4) is 17.2 Å². The topological polar surface area (TPSA) is 68.6 Å². The SMILES string of the molecule is O=C(NCCN1CCCCC1)c1ccc2c(c1)ncn2-c1ccc(OCCOc2ccc(F)cc2)cc1. The van der Waals surface area contributed by atoms with Crippen molar-refractivity contribution in [2.45, 2.75) is 19.3 Å². The quantitative estimate of drug-likeness (QED) is 0.315. The Kier molecular flexibility index (Phi) is 7.96. The monoisotopic (exact) mass is 502 g/mol. The Hall–Kier alpha value is -3.91. The summed E-state index contributed by atoms with van der Waals surface area (Å²) >= 11 is 0. The summed E-state index contributed by atoms with van der Waals surface area (Å²) in [7, 11) is 0. The lowest BCUT2D eigenvalue weighted by molar-refractivity contribution is 0.0946. The Labute approximate surface area is 215 Å². The highest BCUT2D eigenvalue weighted by molar-refractivity contribution is 5.97. The molecular formula is C29H31FN4O3. The fourth-order valence-corrected chi connectivity index (χ4v) is 4.53. The number of aromatic nitrogens is 2. The van der Waals surface area contributed by atoms with Gasteiger partial charge in [-0.05, 0) is 92.7 Å². The van der Waals surface area contributed by atoms with Crippen LogP contribution in [0, 0.1) is 5.82 Å². The van der Waals surface area contributed by atoms with Gasteiger partial charge in [0, 0.05) is 24.3 Å². The lowest BCUT2D eigenvalue weighted by Gasteiger charge is -2.26. The Morgan fingerprint density at radius 1 is 0.892 bits per heavy atom. The molecule has 0 unspecified atom stereocenters. The van der Waals surface area contributed by atoms with E-state index in [0.29, 0.717) is 31.1 Å². The number of likely N-dealkylation sites (tertiary alicyclic amines) is 1. The second-order valence-corrected chi connectivity index (χ2v) is 9.12. The molecule has 0 aliphatic carbocycles. The second-order valence-electron chi connectivity index (χ2n) is 9.12. The van der Waals surface area contributed by atoms with Crippen molar-refractivity contribution in [2.75, 3.05) is 39.4 Å². The highest BCUT2D eigenvalue weighted by Gasteiger charge is 2.12. The number of nitrogens with zero attached hydrogens (tertiary/aromatic N) is 3. The van der Waals surface area contributed by atoms with Crippen molar-refractivity contribution < 1.29 is 18.7 Å². The third-order valence-corrected chi connectivity index (χ3v) is 6.52. The average molecular weight is 503 g/mol. The van der Waals surface area contributed by atoms with Crippen LogP contribution in [0.4, 0.5) is 4.39 Å². The van der Waals surface area contributed by atoms with Gasteiger partial charge in [0.15, 0.2) is 0 Å². The van der Waals surface area contributed by atoms with Crippen LogP contribution >= 0.6 is 0 Å². The second kappa shape index (κ2) is 11.9. The number of nitrogens with one attached hydrogen (secondary N) is 1. The van der Waals surface area contributed by atoms with Crippen LogP contribution in [-0.2, 0) is 0 Å². The van der Waals surface area contributed by atoms with Crippen LogP contribution in [0.25, 0.3) is 16.7 Å². The summed E-state index contributed by atoms with van der Waals surface area (Å²) in [4.78, 5) is 19.6. The lowest BCUT2D eigenvalue weighted by Crippen LogP contribution is -2.37. The van der Waals surface area contributed by atoms with E-state index in [-0.39, 0.29) is 11.7 Å². The van der Waals surface area contributed by atoms with Crippen molar-refractivity contribution >= 4 is 16.9 Å². The fraction of sp³-hybridized carbons (Fsp3) is 0.310. The molecule has 192 valence electrons. The minimum Gasteiger partial charge on any atom is -0.490 e. The zero-order chi connectivity index (χ0) is 25.5. The van der Waals surface area contributed by atoms with Gasteiger partial charge in [0.1, 0.15) is 36.9 Å². The summed E-state index contributed by atoms with van der Waals surface area (Å²) in [6.45, 7) is 4.51. The first kappa shape index (κ1) is 24.8. The number of hydrogen-bond donors (Lipinski definition) is 1. The molecule has 1 aliphatic heterocycles. The Morgan fingerprint density at radius 2 is 1.57 bits per heavy atom. The number of carbonyl (C=O) groups excluding carboxylic acids is 1. The number of hydrogen-bond acceptors (Lipinski definition) is 5. The lowest BCUT2D eigenvalue weighted by atomic mass is 10.1. The number of benzene rings is 3. The Balaban J connectivity index is 1.14. The maximum atomic E-state index is 13.0. The normalized spacial score (nSPS) is 14.0. The Morgan fingerprint density at radius 3 is 2.27 bits per heavy atom. The van der Waals surface area contributed by atoms with E-state index in [2.05, 4.69) is 15.2 Å². The third kappa shape index (κ3) is 6.46. The van der Waals surface area contributed by atoms with E-state index < -0.39 is 0 Å². The minimum absolute atomic E-state index is 0.0710. The molecule has 4 aromatic rings. The van der Waals surface area contributed by atoms with Crippen LogP contribution in [-0.4, -0.2) is 59.8 Å². The average Bonchev–Trinajstić information content (AvgIpc) is 3.36. The summed E-state index contributed by atoms with van der Waals surface area (Å²) in [6.07, 6.45) is 5.56. The van der Waals surface area contributed by atoms with E-state index in [1.54, 1.807) is 18.5 Å². The van der Waals surface area contributed by atoms with Gasteiger partial charge in [0.2, 0.25) is 0 Å². The molecule has 7 nitrogen and oxygen atoms in total. The van der Waals surface area contributed by atoms with Gasteiger partial charge in [-0.25, -0.2) is 9.37 Å². The molecule has 1 fully saturated rings. The molecule has 3 aromatic carbocycles. The predicted molar refractivity (Wildman–Crippen MR) is 141 cm³/mol. The maximum Gasteiger partial charge on any atom is 0.251 e. The van der Waals surface area contributed by atoms with Crippen molar-refractivity contribution in [1.29, 1.82) is 0 Å². The highest BCUT2D eigenvalue weighted by atomic mass is 19.1. The van der Waals surface area contributed by atoms with Gasteiger partial charge in [-0.3, -0.25) is 9.36 Å². The van der Waals surface area contributed by atoms with Gasteiger partial charge in [0.25, 0.3) is 5.91 Å². The van der Waals surface area contributed by atoms with Gasteiger partial charge in [-0.1, -0.05) is 6.42 Å². The van der Waals surface area contributed by atoms with E-state index in [0.717, 1.165) is 42.1 Å². The first-order valence-corrected chi connectivity index (χ1v) is 12.7. The standard InChI is InChI=1S/C29H31FN4O3/c30-23-5-9-25(10-6-23)36-18-19-37-26-11-7-24(8-12-26)34-21-32-27-20-22(4-13-28(27)34)29(35)31-14-17-33-15-2-1-3-16-33/h4-13,20-21H,1-3,14-19H2,(H,31,35). The van der Waals surface area contributed by atoms with E-state index in [9.17, 15) is 9.18 Å². The van der Waals surface area contributed by atoms with Crippen molar-refractivity contribution in [3.63, 3.8) is 0 Å². The number of rotatable bonds is 10. The summed E-state index contributed by atoms with van der Waals surface area (Å²) in [5.41, 5.74) is 3.24. The number of piperidine rings is 1. The van der Waals surface area contributed by atoms with Crippen LogP contribution in [0.15, 0.2) is 73.1 Å². The molecule has 1 aliphatic rings. The van der Waals surface area contributed by atoms with Gasteiger partial charge in [-0.2, -0.15) is 0 Å². The summed E-state index contributed by atoms with van der Waals surface area (Å²) in [6, 6.07) is 19.2. The largest absolute Gasteiger partial charge is 0.490 e. The molecule has 1 saturated heterocycles. The third-order valence-electron chi connectivity index (χ3n) is 6.52. The molecule has 5 rings (SSSR count). The zero-order valence-corrected chi connectivity index (χ0v) is 20.7. The maximum absolute atomic E-state index is 13.0. The van der Waals surface area contributed by atoms with Crippen LogP contribution in [0.1, 0.15) is 29.6 Å². The number of carbonyl (C=O) groups is 1. The molecule has 0 spiro atoms. The molecule has 1 amide bonds. The molecule has 37 heavy (non-hydrogen) atoms. The van der Waals surface area contributed by atoms with Crippen molar-refractivity contribution in [3.05, 3.63) is 84.4 Å². The highest BCUT2D eigenvalue weighted by Crippen LogP contribution is 2.22. The molecule has 8 heteroatoms. The van der Waals surface area contributed by atoms with Gasteiger partial charge in [-0.15, -0.1) is 0 Å². The molecule has 1 N–H and O–H groups in total. The van der Waals surface area contributed by atoms with Gasteiger partial charge >= 0.3 is 0 Å². The number of fused-ring (bicyclic) bond motifs is 1. The number of imidazole rings is 1. The minimum atomic E-state index is -0.293. The molecule has 0 bridgehead atoms. The molecular weight excluding hydrogens is 471 g/mol. The number of halogens is 1. The van der Waals surface area contributed by atoms with Crippen molar-refractivity contribution in [2.24, 2.45) is 0 Å². The first-order valence-electron chi connectivity index (χ1n) is 12.7. The fourth-order valence-electron chi connectivity index (χ4n) is 4.53. The summed E-state index contributed by atoms with van der Waals surface area (Å²) in [5, 5.41) is 3.03. The van der Waals surface area contributed by atoms with Gasteiger partial charge < -0.3 is 19.7 Å². The summed E-state index contributed by atoms with van der Waals surface area (Å²) < 4.78 is 26.2. The van der Waals surface area contributed by atoms with Crippen LogP contribution in [0.3, 0.4) is 0 Å². The molecule has 0 atom stereocenters. The molecule has 1 aromatic heterocycles.